The van der Waals surface area contributed by atoms with Gasteiger partial charge in [0.2, 0.25) is 0 Å². The number of hydrogen-bond donors (Lipinski definition) is 1. The Bertz CT molecular complexity index is 2480. The third kappa shape index (κ3) is 21.7. The fraction of sp³-hybridized carbons (Fsp3) is 0.979. The molecule has 10 bridgehead atoms. The van der Waals surface area contributed by atoms with Crippen LogP contribution in [0, 0.1) is 145 Å². The number of aliphatic hydroxyl groups is 1. The molecule has 8 heterocycles. The van der Waals surface area contributed by atoms with Gasteiger partial charge in [-0.25, -0.2) is 0 Å². The van der Waals surface area contributed by atoms with E-state index in [9.17, 15) is 0 Å². The van der Waals surface area contributed by atoms with Crippen molar-refractivity contribution < 1.29 is 76.2 Å². The van der Waals surface area contributed by atoms with E-state index in [2.05, 4.69) is 45.9 Å². The maximum atomic E-state index is 7.57. The molecule has 23 rings (SSSR count). The standard InChI is InChI=1S/C16H24O3.C15H22O3.3C10H16.3C7H14O2.C5H10O2.C4H8O.C2H6O.CH4/c1-2-16(6-17-7-16)8-18-12-4-9-3-11(12)14-10(9)5-13-15(14)19-13;1-15(5-16-6-15)7-17-11-3-8-2-10(11)13-9(8)4-12-14(13)18-12;3*1-2-9-7-4-5-8(6-7)10(9)3-1;3*1-3-8-4-7(2)5-9-6-7;1-2-6-3-5-4-7-5;1-3-5-4-2;1-2-3;/h9-15H,2-8H2,1H3;8-14H,2-7H2,1H3;3*7-10H,1-6H2;3*3-6H2,1-2H3;5H,2-4H2,1H3;3H,1,4H2,2H3;3H,2H2,1H3;1H4. The summed E-state index contributed by atoms with van der Waals surface area (Å²) in [5.41, 5.74) is 1.63. The van der Waals surface area contributed by atoms with Gasteiger partial charge in [-0.15, -0.1) is 0 Å². The highest BCUT2D eigenvalue weighted by atomic mass is 16.6. The fourth-order valence-electron chi connectivity index (χ4n) is 26.0. The van der Waals surface area contributed by atoms with Crippen molar-refractivity contribution in [1.29, 1.82) is 0 Å². The Labute approximate surface area is 669 Å². The molecular weight excluding hydrogens is 1390 g/mol. The number of rotatable bonds is 21. The average molecular weight is 1550 g/mol. The summed E-state index contributed by atoms with van der Waals surface area (Å²) in [7, 11) is 0. The topological polar surface area (TPSA) is 169 Å². The smallest absolute Gasteiger partial charge is 0.104 e. The Morgan fingerprint density at radius 2 is 0.700 bits per heavy atom. The first-order chi connectivity index (χ1) is 52.9. The van der Waals surface area contributed by atoms with E-state index in [1.165, 1.54) is 122 Å². The van der Waals surface area contributed by atoms with E-state index in [1.54, 1.807) is 122 Å². The van der Waals surface area contributed by atoms with E-state index in [1.807, 2.05) is 34.6 Å². The largest absolute Gasteiger partial charge is 0.502 e. The quantitative estimate of drug-likeness (QED) is 0.0850. The predicted molar refractivity (Wildman–Crippen MR) is 434 cm³/mol. The number of aliphatic hydroxyl groups excluding tert-OH is 1. The molecule has 636 valence electrons. The predicted octanol–water partition coefficient (Wildman–Crippen LogP) is 18.0. The number of hydrogen-bond acceptors (Lipinski definition) is 16. The molecule has 27 atom stereocenters. The van der Waals surface area contributed by atoms with Crippen LogP contribution in [0.3, 0.4) is 0 Å². The van der Waals surface area contributed by atoms with Crippen LogP contribution in [-0.2, 0) is 71.1 Å². The first-order valence-corrected chi connectivity index (χ1v) is 46.1. The first kappa shape index (κ1) is 88.2. The molecule has 8 saturated heterocycles. The van der Waals surface area contributed by atoms with Gasteiger partial charge >= 0.3 is 0 Å². The third-order valence-electron chi connectivity index (χ3n) is 32.0. The molecule has 0 aromatic heterocycles. The Balaban J connectivity index is 0.000000116. The van der Waals surface area contributed by atoms with Crippen LogP contribution in [0.15, 0.2) is 12.8 Å². The summed E-state index contributed by atoms with van der Waals surface area (Å²) in [6.07, 6.45) is 43.4. The highest BCUT2D eigenvalue weighted by Crippen LogP contribution is 2.67. The lowest BCUT2D eigenvalue weighted by atomic mass is 9.79. The molecule has 0 amide bonds. The maximum absolute atomic E-state index is 7.57. The maximum Gasteiger partial charge on any atom is 0.104 e. The lowest BCUT2D eigenvalue weighted by Gasteiger charge is -2.42. The second-order valence-corrected chi connectivity index (χ2v) is 40.5. The molecule has 0 aromatic carbocycles. The van der Waals surface area contributed by atoms with Crippen molar-refractivity contribution in [1.82, 2.24) is 0 Å². The van der Waals surface area contributed by atoms with Crippen molar-refractivity contribution in [2.75, 3.05) is 152 Å². The molecule has 0 spiro atoms. The first-order valence-electron chi connectivity index (χ1n) is 46.1. The summed E-state index contributed by atoms with van der Waals surface area (Å²) in [5, 5.41) is 7.57. The highest BCUT2D eigenvalue weighted by molar-refractivity contribution is 5.16. The zero-order valence-corrected chi connectivity index (χ0v) is 70.9. The summed E-state index contributed by atoms with van der Waals surface area (Å²) in [6.45, 7) is 45.1. The van der Waals surface area contributed by atoms with Gasteiger partial charge in [-0.3, -0.25) is 0 Å². The summed E-state index contributed by atoms with van der Waals surface area (Å²) in [4.78, 5) is 0. The molecule has 15 saturated carbocycles. The molecule has 0 aromatic rings. The zero-order chi connectivity index (χ0) is 76.3. The Kier molecular flexibility index (Phi) is 32.7. The van der Waals surface area contributed by atoms with Gasteiger partial charge in [0.25, 0.3) is 0 Å². The van der Waals surface area contributed by atoms with Crippen LogP contribution < -0.4 is 0 Å². The van der Waals surface area contributed by atoms with Crippen molar-refractivity contribution in [3.63, 3.8) is 0 Å². The minimum absolute atomic E-state index is 0. The van der Waals surface area contributed by atoms with Gasteiger partial charge in [0.15, 0.2) is 0 Å². The summed E-state index contributed by atoms with van der Waals surface area (Å²) in [5.74, 6) is 21.6. The monoisotopic (exact) mass is 1550 g/mol. The van der Waals surface area contributed by atoms with Crippen LogP contribution in [0.1, 0.15) is 244 Å². The van der Waals surface area contributed by atoms with Gasteiger partial charge in [0.05, 0.1) is 162 Å². The van der Waals surface area contributed by atoms with Crippen molar-refractivity contribution >= 4 is 0 Å². The molecule has 0 radical (unpaired) electrons. The van der Waals surface area contributed by atoms with E-state index in [-0.39, 0.29) is 14.0 Å². The van der Waals surface area contributed by atoms with Gasteiger partial charge in [-0.2, -0.15) is 0 Å². The van der Waals surface area contributed by atoms with Gasteiger partial charge in [0.1, 0.15) is 6.10 Å². The molecular formula is C94H164O16. The number of epoxide rings is 3. The minimum Gasteiger partial charge on any atom is -0.502 e. The summed E-state index contributed by atoms with van der Waals surface area (Å²) < 4.78 is 80.4. The fourth-order valence-corrected chi connectivity index (χ4v) is 26.0. The molecule has 110 heavy (non-hydrogen) atoms. The van der Waals surface area contributed by atoms with Gasteiger partial charge in [-0.05, 0) is 301 Å². The Morgan fingerprint density at radius 3 is 0.964 bits per heavy atom. The van der Waals surface area contributed by atoms with E-state index in [0.29, 0.717) is 69.8 Å². The molecule has 1 N–H and O–H groups in total. The molecule has 23 fully saturated rings. The van der Waals surface area contributed by atoms with Crippen molar-refractivity contribution in [3.05, 3.63) is 12.8 Å². The molecule has 15 aliphatic carbocycles. The van der Waals surface area contributed by atoms with Crippen molar-refractivity contribution in [2.24, 2.45) is 145 Å². The van der Waals surface area contributed by atoms with Crippen LogP contribution in [-0.4, -0.2) is 200 Å². The molecule has 23 aliphatic rings. The Morgan fingerprint density at radius 1 is 0.373 bits per heavy atom. The lowest BCUT2D eigenvalue weighted by molar-refractivity contribution is -0.168. The normalized spacial score (nSPS) is 42.8. The van der Waals surface area contributed by atoms with Gasteiger partial charge in [0, 0.05) is 60.1 Å². The number of fused-ring (bicyclic) bond motifs is 29. The SMILES string of the molecule is C.C1CC2C3CCC(C3)C2C1.C1CC2C3CCC(C3)C2C1.C1CC2C3CCC(C3)C2C1.C=COCC.CC1(COC2CC3CC2C2C3CC3OC32)COC1.CCC1(COC2CC3CC2C2C3CC3OC32)COC1.CCO.CCOCC1(C)COC1.CCOCC1(C)COC1.CCOCC1(C)COC1.CCOCC1CO1. The number of ether oxygens (including phenoxy) is 15. The second-order valence-electron chi connectivity index (χ2n) is 40.5. The van der Waals surface area contributed by atoms with Crippen LogP contribution in [0.25, 0.3) is 0 Å². The minimum atomic E-state index is 0. The van der Waals surface area contributed by atoms with E-state index in [4.69, 9.17) is 71.4 Å². The molecule has 16 nitrogen and oxygen atoms in total. The average Bonchev–Trinajstić information content (AvgIpc) is 1.54. The summed E-state index contributed by atoms with van der Waals surface area (Å²) >= 11 is 0. The molecule has 8 aliphatic heterocycles. The van der Waals surface area contributed by atoms with Crippen LogP contribution >= 0.6 is 0 Å². The van der Waals surface area contributed by atoms with Crippen molar-refractivity contribution in [3.8, 4) is 0 Å². The lowest BCUT2D eigenvalue weighted by Crippen LogP contribution is -2.47. The third-order valence-corrected chi connectivity index (χ3v) is 32.0. The van der Waals surface area contributed by atoms with E-state index < -0.39 is 0 Å². The van der Waals surface area contributed by atoms with Gasteiger partial charge < -0.3 is 76.2 Å². The highest BCUT2D eigenvalue weighted by Gasteiger charge is 2.68. The molecule has 16 heteroatoms. The van der Waals surface area contributed by atoms with E-state index in [0.717, 1.165) is 193 Å². The van der Waals surface area contributed by atoms with Crippen LogP contribution in [0.4, 0.5) is 0 Å². The van der Waals surface area contributed by atoms with Gasteiger partial charge in [-0.1, -0.05) is 67.9 Å². The van der Waals surface area contributed by atoms with Crippen LogP contribution in [0.2, 0.25) is 0 Å². The van der Waals surface area contributed by atoms with Crippen molar-refractivity contribution in [2.45, 2.75) is 287 Å². The second kappa shape index (κ2) is 40.8. The Hall–Kier alpha value is -1.06. The van der Waals surface area contributed by atoms with E-state index >= 15 is 0 Å². The summed E-state index contributed by atoms with van der Waals surface area (Å²) in [6, 6.07) is 0. The zero-order valence-electron chi connectivity index (χ0n) is 70.9. The molecule has 27 unspecified atom stereocenters. The van der Waals surface area contributed by atoms with Crippen LogP contribution in [0.5, 0.6) is 0 Å².